The molecule has 3 heteroatoms. The quantitative estimate of drug-likeness (QED) is 0.502. The maximum atomic E-state index is 13.0. The number of carbonyl (C=O) groups excluding carboxylic acids is 1. The number of aryl methyl sites for hydroxylation is 1. The Hall–Kier alpha value is -1.35. The molecule has 35 heavy (non-hydrogen) atoms. The van der Waals surface area contributed by atoms with Gasteiger partial charge in [0.15, 0.2) is 0 Å². The Balaban J connectivity index is 1.08. The molecule has 1 amide bonds. The van der Waals surface area contributed by atoms with E-state index in [0.29, 0.717) is 24.4 Å². The van der Waals surface area contributed by atoms with Crippen LogP contribution in [0.4, 0.5) is 0 Å². The number of fused-ring (bicyclic) bond motifs is 3. The smallest absolute Gasteiger partial charge is 0.234 e. The van der Waals surface area contributed by atoms with Gasteiger partial charge >= 0.3 is 0 Å². The topological polar surface area (TPSA) is 41.1 Å². The van der Waals surface area contributed by atoms with Crippen LogP contribution in [-0.4, -0.2) is 25.0 Å². The summed E-state index contributed by atoms with van der Waals surface area (Å²) in [5.41, 5.74) is 5.21. The van der Waals surface area contributed by atoms with Crippen LogP contribution in [0.25, 0.3) is 0 Å². The van der Waals surface area contributed by atoms with E-state index >= 15 is 0 Å². The molecule has 7 rings (SSSR count). The summed E-state index contributed by atoms with van der Waals surface area (Å²) >= 11 is 0. The van der Waals surface area contributed by atoms with Crippen molar-refractivity contribution in [2.75, 3.05) is 13.1 Å². The standard InChI is InChI=1S/C32H48N2O/c1-20(2)23-6-8-27-24(17-23)7-9-28-31(3,10-5-11-32(27,28)4)19-33-18-29(35)34-30-25-13-21-12-22(15-25)16-26(30)14-21/h6,8,17,20-22,25-26,28,30,33H,5,7,9-16,18-19H2,1-4H3,(H,34,35)/t21?,22?,25?,26?,28-,30?,31-,32+/m0/s1. The molecule has 0 spiro atoms. The molecule has 5 saturated carbocycles. The molecule has 0 saturated heterocycles. The van der Waals surface area contributed by atoms with Gasteiger partial charge in [-0.15, -0.1) is 0 Å². The lowest BCUT2D eigenvalue weighted by molar-refractivity contribution is -0.124. The summed E-state index contributed by atoms with van der Waals surface area (Å²) in [4.78, 5) is 13.0. The Morgan fingerprint density at radius 1 is 1.03 bits per heavy atom. The van der Waals surface area contributed by atoms with Crippen LogP contribution in [0.15, 0.2) is 18.2 Å². The van der Waals surface area contributed by atoms with E-state index in [0.717, 1.165) is 30.2 Å². The average molecular weight is 477 g/mol. The van der Waals surface area contributed by atoms with Gasteiger partial charge in [-0.2, -0.15) is 0 Å². The van der Waals surface area contributed by atoms with Crippen molar-refractivity contribution in [3.05, 3.63) is 34.9 Å². The molecule has 0 unspecified atom stereocenters. The van der Waals surface area contributed by atoms with Gasteiger partial charge in [0.05, 0.1) is 6.54 Å². The van der Waals surface area contributed by atoms with Gasteiger partial charge in [-0.25, -0.2) is 0 Å². The van der Waals surface area contributed by atoms with Crippen LogP contribution >= 0.6 is 0 Å². The second-order valence-corrected chi connectivity index (χ2v) is 14.2. The maximum Gasteiger partial charge on any atom is 0.234 e. The summed E-state index contributed by atoms with van der Waals surface area (Å²) in [6, 6.07) is 7.81. The van der Waals surface area contributed by atoms with Crippen molar-refractivity contribution in [2.45, 2.75) is 109 Å². The van der Waals surface area contributed by atoms with Crippen molar-refractivity contribution in [1.29, 1.82) is 0 Å². The van der Waals surface area contributed by atoms with Crippen LogP contribution in [0.5, 0.6) is 0 Å². The molecule has 4 bridgehead atoms. The monoisotopic (exact) mass is 476 g/mol. The van der Waals surface area contributed by atoms with Crippen LogP contribution in [-0.2, 0) is 16.6 Å². The molecule has 1 aromatic carbocycles. The predicted octanol–water partition coefficient (Wildman–Crippen LogP) is 6.35. The van der Waals surface area contributed by atoms with Crippen LogP contribution in [0.2, 0.25) is 0 Å². The summed E-state index contributed by atoms with van der Waals surface area (Å²) in [5.74, 6) is 4.94. The maximum absolute atomic E-state index is 13.0. The van der Waals surface area contributed by atoms with E-state index in [1.165, 1.54) is 69.8 Å². The van der Waals surface area contributed by atoms with Crippen LogP contribution in [0.1, 0.15) is 108 Å². The Morgan fingerprint density at radius 3 is 2.43 bits per heavy atom. The summed E-state index contributed by atoms with van der Waals surface area (Å²) < 4.78 is 0. The van der Waals surface area contributed by atoms with Gasteiger partial charge in [-0.1, -0.05) is 52.3 Å². The lowest BCUT2D eigenvalue weighted by Gasteiger charge is -2.56. The zero-order valence-corrected chi connectivity index (χ0v) is 22.7. The van der Waals surface area contributed by atoms with E-state index in [1.807, 2.05) is 0 Å². The fourth-order valence-electron chi connectivity index (χ4n) is 10.1. The number of hydrogen-bond acceptors (Lipinski definition) is 2. The van der Waals surface area contributed by atoms with E-state index in [4.69, 9.17) is 0 Å². The minimum absolute atomic E-state index is 0.236. The molecule has 0 aromatic heterocycles. The molecule has 0 aliphatic heterocycles. The Kier molecular flexibility index (Phi) is 6.10. The summed E-state index contributed by atoms with van der Waals surface area (Å²) in [7, 11) is 0. The number of hydrogen-bond donors (Lipinski definition) is 2. The highest BCUT2D eigenvalue weighted by atomic mass is 16.2. The van der Waals surface area contributed by atoms with Gasteiger partial charge in [0.25, 0.3) is 0 Å². The molecular formula is C32H48N2O. The fraction of sp³-hybridized carbons (Fsp3) is 0.781. The van der Waals surface area contributed by atoms with Crippen LogP contribution in [0, 0.1) is 35.0 Å². The molecule has 6 aliphatic rings. The summed E-state index contributed by atoms with van der Waals surface area (Å²) in [6.45, 7) is 11.1. The van der Waals surface area contributed by atoms with Gasteiger partial charge in [-0.3, -0.25) is 4.79 Å². The van der Waals surface area contributed by atoms with Gasteiger partial charge in [0, 0.05) is 12.6 Å². The van der Waals surface area contributed by atoms with Crippen LogP contribution < -0.4 is 10.6 Å². The van der Waals surface area contributed by atoms with E-state index < -0.39 is 0 Å². The molecule has 0 heterocycles. The Morgan fingerprint density at radius 2 is 1.74 bits per heavy atom. The molecule has 0 radical (unpaired) electrons. The highest BCUT2D eigenvalue weighted by molar-refractivity contribution is 5.78. The molecular weight excluding hydrogens is 428 g/mol. The molecule has 3 atom stereocenters. The van der Waals surface area contributed by atoms with Gasteiger partial charge in [-0.05, 0) is 121 Å². The van der Waals surface area contributed by atoms with E-state index in [2.05, 4.69) is 56.5 Å². The number of nitrogens with one attached hydrogen (secondary N) is 2. The van der Waals surface area contributed by atoms with Crippen molar-refractivity contribution < 1.29 is 4.79 Å². The largest absolute Gasteiger partial charge is 0.352 e. The first kappa shape index (κ1) is 24.0. The van der Waals surface area contributed by atoms with E-state index in [1.54, 1.807) is 11.1 Å². The van der Waals surface area contributed by atoms with Crippen molar-refractivity contribution in [2.24, 2.45) is 35.0 Å². The first-order chi connectivity index (χ1) is 16.7. The van der Waals surface area contributed by atoms with Crippen molar-refractivity contribution in [3.8, 4) is 0 Å². The predicted molar refractivity (Wildman–Crippen MR) is 143 cm³/mol. The average Bonchev–Trinajstić information content (AvgIpc) is 2.80. The highest BCUT2D eigenvalue weighted by Gasteiger charge is 2.52. The molecule has 5 fully saturated rings. The molecule has 3 nitrogen and oxygen atoms in total. The minimum Gasteiger partial charge on any atom is -0.352 e. The van der Waals surface area contributed by atoms with E-state index in [9.17, 15) is 4.79 Å². The second kappa shape index (κ2) is 8.89. The van der Waals surface area contributed by atoms with Gasteiger partial charge < -0.3 is 10.6 Å². The Bertz CT molecular complexity index is 940. The highest BCUT2D eigenvalue weighted by Crippen LogP contribution is 2.57. The number of benzene rings is 1. The zero-order valence-electron chi connectivity index (χ0n) is 22.7. The normalized spacial score (nSPS) is 41.5. The first-order valence-corrected chi connectivity index (χ1v) is 14.9. The van der Waals surface area contributed by atoms with Crippen molar-refractivity contribution >= 4 is 5.91 Å². The lowest BCUT2D eigenvalue weighted by Crippen LogP contribution is -2.57. The number of amides is 1. The summed E-state index contributed by atoms with van der Waals surface area (Å²) in [5, 5.41) is 7.16. The SMILES string of the molecule is CC(C)c1ccc2c(c1)CC[C@H]1[C@](C)(CNCC(=O)NC3C4CC5CC(C4)CC3C5)CCC[C@]21C. The fourth-order valence-corrected chi connectivity index (χ4v) is 10.1. The van der Waals surface area contributed by atoms with Gasteiger partial charge in [0.1, 0.15) is 0 Å². The van der Waals surface area contributed by atoms with Crippen molar-refractivity contribution in [3.63, 3.8) is 0 Å². The second-order valence-electron chi connectivity index (χ2n) is 14.2. The summed E-state index contributed by atoms with van der Waals surface area (Å²) in [6.07, 6.45) is 13.3. The van der Waals surface area contributed by atoms with Crippen molar-refractivity contribution in [1.82, 2.24) is 10.6 Å². The molecule has 1 aromatic rings. The minimum atomic E-state index is 0.236. The number of carbonyl (C=O) groups is 1. The Labute approximate surface area is 213 Å². The first-order valence-electron chi connectivity index (χ1n) is 14.9. The molecule has 192 valence electrons. The third-order valence-corrected chi connectivity index (χ3v) is 11.5. The zero-order chi connectivity index (χ0) is 24.4. The number of rotatable bonds is 6. The molecule has 6 aliphatic carbocycles. The van der Waals surface area contributed by atoms with Crippen LogP contribution in [0.3, 0.4) is 0 Å². The lowest BCUT2D eigenvalue weighted by atomic mass is 9.49. The molecule has 2 N–H and O–H groups in total. The third-order valence-electron chi connectivity index (χ3n) is 11.5. The third kappa shape index (κ3) is 4.18. The van der Waals surface area contributed by atoms with E-state index in [-0.39, 0.29) is 16.7 Å². The van der Waals surface area contributed by atoms with Gasteiger partial charge in [0.2, 0.25) is 5.91 Å².